The van der Waals surface area contributed by atoms with Crippen molar-refractivity contribution < 1.29 is 0 Å². The lowest BCUT2D eigenvalue weighted by Crippen LogP contribution is -2.14. The molecule has 0 nitrogen and oxygen atoms in total. The molecular formula is C25H30. The van der Waals surface area contributed by atoms with E-state index in [1.807, 2.05) is 6.07 Å². The number of hydrogen-bond acceptors (Lipinski definition) is 0. The van der Waals surface area contributed by atoms with Crippen LogP contribution in [0.5, 0.6) is 0 Å². The molecule has 0 N–H and O–H groups in total. The summed E-state index contributed by atoms with van der Waals surface area (Å²) in [6, 6.07) is 17.3. The summed E-state index contributed by atoms with van der Waals surface area (Å²) in [5.41, 5.74) is 5.27. The van der Waals surface area contributed by atoms with Crippen molar-refractivity contribution in [2.75, 3.05) is 0 Å². The van der Waals surface area contributed by atoms with Crippen LogP contribution in [0.15, 0.2) is 48.5 Å². The molecule has 1 fully saturated rings. The molecule has 0 unspecified atom stereocenters. The van der Waals surface area contributed by atoms with Gasteiger partial charge in [0.2, 0.25) is 0 Å². The molecule has 0 bridgehead atoms. The van der Waals surface area contributed by atoms with Gasteiger partial charge in [0, 0.05) is 11.1 Å². The van der Waals surface area contributed by atoms with Gasteiger partial charge in [-0.15, -0.1) is 0 Å². The molecule has 0 aromatic heterocycles. The van der Waals surface area contributed by atoms with Crippen molar-refractivity contribution in [2.24, 2.45) is 5.92 Å². The van der Waals surface area contributed by atoms with Crippen molar-refractivity contribution in [1.29, 1.82) is 0 Å². The second-order valence-electron chi connectivity index (χ2n) is 7.40. The smallest absolute Gasteiger partial charge is 0.0284 e. The van der Waals surface area contributed by atoms with Gasteiger partial charge in [-0.1, -0.05) is 68.9 Å². The largest absolute Gasteiger partial charge is 0.0654 e. The highest BCUT2D eigenvalue weighted by atomic mass is 14.3. The minimum absolute atomic E-state index is 0.694. The summed E-state index contributed by atoms with van der Waals surface area (Å²) in [7, 11) is 0. The van der Waals surface area contributed by atoms with Crippen LogP contribution in [-0.2, 0) is 6.42 Å². The Kier molecular flexibility index (Phi) is 6.35. The zero-order chi connectivity index (χ0) is 17.5. The van der Waals surface area contributed by atoms with Gasteiger partial charge in [0.1, 0.15) is 0 Å². The number of hydrogen-bond donors (Lipinski definition) is 0. The van der Waals surface area contributed by atoms with Gasteiger partial charge in [-0.2, -0.15) is 0 Å². The lowest BCUT2D eigenvalue weighted by Gasteiger charge is -2.29. The van der Waals surface area contributed by atoms with Gasteiger partial charge in [-0.05, 0) is 73.3 Å². The van der Waals surface area contributed by atoms with Crippen LogP contribution in [0.3, 0.4) is 0 Å². The molecule has 0 atom stereocenters. The molecule has 1 aliphatic rings. The van der Waals surface area contributed by atoms with Gasteiger partial charge in [0.05, 0.1) is 0 Å². The molecule has 0 spiro atoms. The van der Waals surface area contributed by atoms with Gasteiger partial charge < -0.3 is 0 Å². The third-order valence-electron chi connectivity index (χ3n) is 5.62. The zero-order valence-corrected chi connectivity index (χ0v) is 15.7. The minimum Gasteiger partial charge on any atom is -0.0654 e. The summed E-state index contributed by atoms with van der Waals surface area (Å²) in [5.74, 6) is 8.47. The fourth-order valence-corrected chi connectivity index (χ4v) is 4.12. The predicted molar refractivity (Wildman–Crippen MR) is 108 cm³/mol. The maximum absolute atomic E-state index is 3.46. The standard InChI is InChI=1S/C25H30/c1-3-8-21-12-16-24(17-13-21)25-19-20(4-2)11-15-23(25)18-14-22-9-6-5-7-10-22/h5-7,9-11,15,19,21,24H,3-4,8,12-13,16-17H2,1-2H3. The third-order valence-corrected chi connectivity index (χ3v) is 5.62. The van der Waals surface area contributed by atoms with Crippen LogP contribution in [0, 0.1) is 17.8 Å². The van der Waals surface area contributed by atoms with E-state index in [1.165, 1.54) is 55.2 Å². The normalized spacial score (nSPS) is 19.9. The van der Waals surface area contributed by atoms with Crippen molar-refractivity contribution >= 4 is 0 Å². The Labute approximate surface area is 153 Å². The van der Waals surface area contributed by atoms with E-state index in [-0.39, 0.29) is 0 Å². The Morgan fingerprint density at radius 1 is 0.880 bits per heavy atom. The molecule has 0 amide bonds. The molecule has 2 aromatic rings. The quantitative estimate of drug-likeness (QED) is 0.546. The summed E-state index contributed by atoms with van der Waals surface area (Å²) in [4.78, 5) is 0. The summed E-state index contributed by atoms with van der Waals surface area (Å²) in [6.45, 7) is 4.56. The van der Waals surface area contributed by atoms with Gasteiger partial charge in [0.25, 0.3) is 0 Å². The molecular weight excluding hydrogens is 300 g/mol. The Balaban J connectivity index is 1.83. The SMILES string of the molecule is CCCC1CCC(c2cc(CC)ccc2C#Cc2ccccc2)CC1. The summed E-state index contributed by atoms with van der Waals surface area (Å²) >= 11 is 0. The average Bonchev–Trinajstić information content (AvgIpc) is 2.68. The van der Waals surface area contributed by atoms with E-state index in [9.17, 15) is 0 Å². The topological polar surface area (TPSA) is 0 Å². The molecule has 25 heavy (non-hydrogen) atoms. The van der Waals surface area contributed by atoms with E-state index >= 15 is 0 Å². The highest BCUT2D eigenvalue weighted by molar-refractivity contribution is 5.49. The van der Waals surface area contributed by atoms with Gasteiger partial charge >= 0.3 is 0 Å². The second-order valence-corrected chi connectivity index (χ2v) is 7.40. The fraction of sp³-hybridized carbons (Fsp3) is 0.440. The predicted octanol–water partition coefficient (Wildman–Crippen LogP) is 6.72. The molecule has 2 aromatic carbocycles. The number of rotatable bonds is 4. The van der Waals surface area contributed by atoms with E-state index < -0.39 is 0 Å². The minimum atomic E-state index is 0.694. The van der Waals surface area contributed by atoms with Crippen molar-refractivity contribution in [2.45, 2.75) is 64.7 Å². The molecule has 0 heterocycles. The fourth-order valence-electron chi connectivity index (χ4n) is 4.12. The first-order valence-electron chi connectivity index (χ1n) is 10.00. The van der Waals surface area contributed by atoms with E-state index in [1.54, 1.807) is 0 Å². The Morgan fingerprint density at radius 3 is 2.32 bits per heavy atom. The van der Waals surface area contributed by atoms with Crippen LogP contribution in [0.1, 0.15) is 80.5 Å². The third kappa shape index (κ3) is 4.76. The van der Waals surface area contributed by atoms with Crippen molar-refractivity contribution in [3.63, 3.8) is 0 Å². The van der Waals surface area contributed by atoms with Gasteiger partial charge in [0.15, 0.2) is 0 Å². The second kappa shape index (κ2) is 8.91. The highest BCUT2D eigenvalue weighted by Crippen LogP contribution is 2.39. The first-order valence-corrected chi connectivity index (χ1v) is 10.00. The summed E-state index contributed by atoms with van der Waals surface area (Å²) in [5, 5.41) is 0. The van der Waals surface area contributed by atoms with Crippen LogP contribution < -0.4 is 0 Å². The highest BCUT2D eigenvalue weighted by Gasteiger charge is 2.23. The van der Waals surface area contributed by atoms with E-state index in [0.29, 0.717) is 5.92 Å². The molecule has 0 radical (unpaired) electrons. The molecule has 0 saturated heterocycles. The van der Waals surface area contributed by atoms with Gasteiger partial charge in [-0.3, -0.25) is 0 Å². The number of aryl methyl sites for hydroxylation is 1. The van der Waals surface area contributed by atoms with E-state index in [0.717, 1.165) is 17.9 Å². The number of benzene rings is 2. The Hall–Kier alpha value is -2.00. The molecule has 3 rings (SSSR count). The molecule has 0 aliphatic heterocycles. The Bertz CT molecular complexity index is 722. The van der Waals surface area contributed by atoms with Crippen molar-refractivity contribution in [3.8, 4) is 11.8 Å². The molecule has 1 aliphatic carbocycles. The van der Waals surface area contributed by atoms with Crippen LogP contribution in [0.2, 0.25) is 0 Å². The Morgan fingerprint density at radius 2 is 1.64 bits per heavy atom. The van der Waals surface area contributed by atoms with E-state index in [4.69, 9.17) is 0 Å². The summed E-state index contributed by atoms with van der Waals surface area (Å²) in [6.07, 6.45) is 9.28. The first-order chi connectivity index (χ1) is 12.3. The van der Waals surface area contributed by atoms with E-state index in [2.05, 4.69) is 68.2 Å². The lowest BCUT2D eigenvalue weighted by atomic mass is 9.76. The van der Waals surface area contributed by atoms with Gasteiger partial charge in [-0.25, -0.2) is 0 Å². The van der Waals surface area contributed by atoms with Crippen LogP contribution in [0.4, 0.5) is 0 Å². The van der Waals surface area contributed by atoms with Crippen molar-refractivity contribution in [3.05, 3.63) is 70.8 Å². The first kappa shape index (κ1) is 17.8. The zero-order valence-electron chi connectivity index (χ0n) is 15.7. The van der Waals surface area contributed by atoms with Crippen molar-refractivity contribution in [1.82, 2.24) is 0 Å². The maximum atomic E-state index is 3.46. The average molecular weight is 331 g/mol. The van der Waals surface area contributed by atoms with Crippen LogP contribution in [-0.4, -0.2) is 0 Å². The maximum Gasteiger partial charge on any atom is 0.0284 e. The lowest BCUT2D eigenvalue weighted by molar-refractivity contribution is 0.308. The molecule has 130 valence electrons. The molecule has 0 heteroatoms. The van der Waals surface area contributed by atoms with Crippen LogP contribution in [0.25, 0.3) is 0 Å². The van der Waals surface area contributed by atoms with Crippen LogP contribution >= 0.6 is 0 Å². The molecule has 1 saturated carbocycles. The monoisotopic (exact) mass is 330 g/mol. The summed E-state index contributed by atoms with van der Waals surface area (Å²) < 4.78 is 0.